The van der Waals surface area contributed by atoms with Gasteiger partial charge in [-0.3, -0.25) is 0 Å². The van der Waals surface area contributed by atoms with Gasteiger partial charge in [-0.1, -0.05) is 278 Å². The lowest BCUT2D eigenvalue weighted by molar-refractivity contribution is 1.15. The molecule has 4 heteroatoms. The Morgan fingerprint density at radius 3 is 1.25 bits per heavy atom. The van der Waals surface area contributed by atoms with Gasteiger partial charge in [-0.25, -0.2) is 0 Å². The van der Waals surface area contributed by atoms with Crippen LogP contribution in [0.4, 0.5) is 17.1 Å². The molecular weight excluding hydrogens is 1030 g/mol. The Morgan fingerprint density at radius 1 is 0.274 bits per heavy atom. The predicted octanol–water partition coefficient (Wildman–Crippen LogP) is 19.9. The first-order valence-electron chi connectivity index (χ1n) is 29.0. The average Bonchev–Trinajstić information content (AvgIpc) is 0.946. The van der Waals surface area contributed by atoms with Crippen molar-refractivity contribution in [3.05, 3.63) is 309 Å². The molecule has 390 valence electrons. The summed E-state index contributed by atoms with van der Waals surface area (Å²) in [6.07, 6.45) is 0. The second kappa shape index (κ2) is 19.7. The van der Waals surface area contributed by atoms with Crippen LogP contribution in [0.5, 0.6) is 0 Å². The smallest absolute Gasteiger partial charge is 0.249 e. The van der Waals surface area contributed by atoms with Gasteiger partial charge in [0.25, 0.3) is 0 Å². The summed E-state index contributed by atoms with van der Waals surface area (Å²) in [6, 6.07) is 115. The van der Waals surface area contributed by atoms with E-state index in [9.17, 15) is 0 Å². The van der Waals surface area contributed by atoms with Crippen molar-refractivity contribution in [3.8, 4) is 72.4 Å². The third kappa shape index (κ3) is 7.68. The number of rotatable bonds is 8. The highest BCUT2D eigenvalue weighted by Crippen LogP contribution is 2.53. The Morgan fingerprint density at radius 2 is 0.714 bits per heavy atom. The summed E-state index contributed by atoms with van der Waals surface area (Å²) in [5, 5.41) is 7.40. The summed E-state index contributed by atoms with van der Waals surface area (Å²) in [6.45, 7) is -0.0969. The molecule has 0 saturated heterocycles. The lowest BCUT2D eigenvalue weighted by atomic mass is 9.34. The van der Waals surface area contributed by atoms with E-state index in [0.717, 1.165) is 44.9 Å². The fourth-order valence-corrected chi connectivity index (χ4v) is 15.2. The first-order chi connectivity index (χ1) is 41.7. The minimum absolute atomic E-state index is 0.0969. The van der Waals surface area contributed by atoms with Gasteiger partial charge in [0, 0.05) is 48.8 Å². The molecule has 0 radical (unpaired) electrons. The van der Waals surface area contributed by atoms with Crippen LogP contribution in [0.25, 0.3) is 116 Å². The minimum Gasteiger partial charge on any atom is -0.310 e. The number of benzene rings is 14. The van der Waals surface area contributed by atoms with E-state index in [0.29, 0.717) is 0 Å². The van der Waals surface area contributed by atoms with Crippen molar-refractivity contribution in [2.45, 2.75) is 9.79 Å². The van der Waals surface area contributed by atoms with Gasteiger partial charge in [0.2, 0.25) is 6.71 Å². The fourth-order valence-electron chi connectivity index (χ4n) is 14.0. The van der Waals surface area contributed by atoms with Crippen LogP contribution in [0.2, 0.25) is 0 Å². The quantitative estimate of drug-likeness (QED) is 0.111. The number of aromatic nitrogens is 1. The summed E-state index contributed by atoms with van der Waals surface area (Å²) in [7, 11) is 0. The summed E-state index contributed by atoms with van der Waals surface area (Å²) in [5.74, 6) is 0. The van der Waals surface area contributed by atoms with E-state index >= 15 is 0 Å². The molecule has 15 aromatic rings. The van der Waals surface area contributed by atoms with Gasteiger partial charge in [-0.05, 0) is 137 Å². The molecule has 0 spiro atoms. The highest BCUT2D eigenvalue weighted by molar-refractivity contribution is 8.00. The second-order valence-electron chi connectivity index (χ2n) is 22.2. The van der Waals surface area contributed by atoms with Crippen LogP contribution in [0.1, 0.15) is 0 Å². The van der Waals surface area contributed by atoms with Gasteiger partial charge in [0.15, 0.2) is 0 Å². The Bertz CT molecular complexity index is 4930. The van der Waals surface area contributed by atoms with Crippen molar-refractivity contribution >= 4 is 95.3 Å². The van der Waals surface area contributed by atoms with Crippen LogP contribution in [0, 0.1) is 0 Å². The molecule has 14 aromatic carbocycles. The molecule has 0 atom stereocenters. The topological polar surface area (TPSA) is 8.17 Å². The van der Waals surface area contributed by atoms with Gasteiger partial charge in [0.05, 0.1) is 16.7 Å². The lowest BCUT2D eigenvalue weighted by Crippen LogP contribution is -2.60. The molecule has 0 saturated carbocycles. The minimum atomic E-state index is -0.0969. The molecule has 2 aliphatic heterocycles. The normalized spacial score (nSPS) is 12.4. The van der Waals surface area contributed by atoms with Crippen LogP contribution >= 0.6 is 11.8 Å². The van der Waals surface area contributed by atoms with Crippen LogP contribution in [-0.2, 0) is 0 Å². The van der Waals surface area contributed by atoms with Crippen LogP contribution in [0.15, 0.2) is 319 Å². The molecule has 0 bridgehead atoms. The van der Waals surface area contributed by atoms with E-state index in [4.69, 9.17) is 0 Å². The van der Waals surface area contributed by atoms with Crippen LogP contribution < -0.4 is 21.3 Å². The third-order valence-electron chi connectivity index (χ3n) is 17.6. The zero-order valence-corrected chi connectivity index (χ0v) is 46.6. The van der Waals surface area contributed by atoms with E-state index < -0.39 is 0 Å². The summed E-state index contributed by atoms with van der Waals surface area (Å²) in [4.78, 5) is 5.22. The van der Waals surface area contributed by atoms with Crippen LogP contribution in [0.3, 0.4) is 0 Å². The lowest BCUT2D eigenvalue weighted by Gasteiger charge is -2.42. The monoisotopic (exact) mass is 1080 g/mol. The highest BCUT2D eigenvalue weighted by Gasteiger charge is 2.43. The summed E-state index contributed by atoms with van der Waals surface area (Å²) >= 11 is 1.91. The summed E-state index contributed by atoms with van der Waals surface area (Å²) in [5.41, 5.74) is 25.1. The molecule has 1 aromatic heterocycles. The number of fused-ring (bicyclic) bond motifs is 9. The van der Waals surface area contributed by atoms with Gasteiger partial charge < -0.3 is 9.47 Å². The molecule has 84 heavy (non-hydrogen) atoms. The average molecular weight is 1080 g/mol. The third-order valence-corrected chi connectivity index (χ3v) is 18.7. The molecule has 0 aliphatic carbocycles. The molecule has 0 amide bonds. The maximum absolute atomic E-state index is 2.69. The Hall–Kier alpha value is -10.4. The second-order valence-corrected chi connectivity index (χ2v) is 23.3. The van der Waals surface area contributed by atoms with Gasteiger partial charge in [-0.15, -0.1) is 0 Å². The number of hydrogen-bond acceptors (Lipinski definition) is 2. The highest BCUT2D eigenvalue weighted by atomic mass is 32.2. The van der Waals surface area contributed by atoms with Crippen molar-refractivity contribution < 1.29 is 0 Å². The first kappa shape index (κ1) is 48.3. The number of para-hydroxylation sites is 2. The molecule has 0 fully saturated rings. The number of nitrogens with zero attached hydrogens (tertiary/aromatic N) is 2. The zero-order chi connectivity index (χ0) is 55.2. The number of anilines is 3. The first-order valence-corrected chi connectivity index (χ1v) is 29.8. The molecule has 17 rings (SSSR count). The molecular formula is C80H51BN2S. The van der Waals surface area contributed by atoms with Crippen molar-refractivity contribution in [2.24, 2.45) is 0 Å². The van der Waals surface area contributed by atoms with Crippen molar-refractivity contribution in [1.82, 2.24) is 4.57 Å². The van der Waals surface area contributed by atoms with Gasteiger partial charge >= 0.3 is 0 Å². The molecule has 0 unspecified atom stereocenters. The number of hydrogen-bond donors (Lipinski definition) is 0. The van der Waals surface area contributed by atoms with Gasteiger partial charge in [-0.2, -0.15) is 0 Å². The van der Waals surface area contributed by atoms with Crippen molar-refractivity contribution in [3.63, 3.8) is 0 Å². The Labute approximate surface area is 493 Å². The predicted molar refractivity (Wildman–Crippen MR) is 358 cm³/mol. The molecule has 0 N–H and O–H groups in total. The van der Waals surface area contributed by atoms with E-state index in [-0.39, 0.29) is 6.71 Å². The molecule has 3 heterocycles. The maximum Gasteiger partial charge on any atom is 0.249 e. The largest absolute Gasteiger partial charge is 0.310 e. The van der Waals surface area contributed by atoms with Gasteiger partial charge in [0.1, 0.15) is 0 Å². The van der Waals surface area contributed by atoms with E-state index in [2.05, 4.69) is 319 Å². The van der Waals surface area contributed by atoms with E-state index in [1.165, 1.54) is 114 Å². The molecule has 2 nitrogen and oxygen atoms in total. The maximum atomic E-state index is 2.69. The Balaban J connectivity index is 1.04. The SMILES string of the molecule is c1ccc(-c2ccc3c(c2)B2c4ccc(-c5c6ccccc6c(-c6ccccc6)c6ccccc56)cc4N(c4c(-c5ccccc5)cc(-c5ccccc5)cc4-c4ccccc4)c4cc(-n5c6ccccc6c6ccccc65)cc(c42)S3)cc1. The molecule has 2 aliphatic rings. The standard InChI is InChI=1S/C80H51BN2S/c1-6-24-52(25-7-1)57-43-45-75-70(48-57)81-69-44-42-58(78-65-38-18-16-36-63(65)77(56-32-14-5-15-33-56)64-37-17-19-39-66(64)78)49-73(69)83(74-50-60(51-76(84-75)79(74)81)82-71-40-22-20-34-61(71)62-35-21-23-41-72(62)82)80-67(54-28-10-3-11-29-54)46-59(53-26-8-2-9-27-53)47-68(80)55-30-12-4-13-31-55/h1-51H. The van der Waals surface area contributed by atoms with E-state index in [1.54, 1.807) is 0 Å². The van der Waals surface area contributed by atoms with Crippen molar-refractivity contribution in [1.29, 1.82) is 0 Å². The Kier molecular flexibility index (Phi) is 11.3. The summed E-state index contributed by atoms with van der Waals surface area (Å²) < 4.78 is 2.51. The fraction of sp³-hybridized carbons (Fsp3) is 0. The zero-order valence-electron chi connectivity index (χ0n) is 45.8. The van der Waals surface area contributed by atoms with Crippen molar-refractivity contribution in [2.75, 3.05) is 4.90 Å². The van der Waals surface area contributed by atoms with Crippen LogP contribution in [-0.4, -0.2) is 11.3 Å². The van der Waals surface area contributed by atoms with E-state index in [1.807, 2.05) is 11.8 Å².